The standard InChI is InChI=1S/C16H29N3O2/c1-16(2,3)13-6-4-8-18(11-7-13)9-5-10-19-14(20)12-17-15(19)21/h13H,4-12H2,1-3H3,(H,17,21)/t13-/m1/s1. The number of amides is 3. The van der Waals surface area contributed by atoms with E-state index in [1.165, 1.54) is 24.2 Å². The Morgan fingerprint density at radius 3 is 2.52 bits per heavy atom. The largest absolute Gasteiger partial charge is 0.329 e. The summed E-state index contributed by atoms with van der Waals surface area (Å²) in [6.07, 6.45) is 4.70. The summed E-state index contributed by atoms with van der Waals surface area (Å²) in [7, 11) is 0. The molecule has 0 unspecified atom stereocenters. The van der Waals surface area contributed by atoms with Crippen LogP contribution in [0.1, 0.15) is 46.5 Å². The Balaban J connectivity index is 1.72. The van der Waals surface area contributed by atoms with Gasteiger partial charge in [0.2, 0.25) is 5.91 Å². The van der Waals surface area contributed by atoms with Crippen molar-refractivity contribution in [1.82, 2.24) is 15.1 Å². The molecule has 0 aliphatic carbocycles. The van der Waals surface area contributed by atoms with E-state index in [-0.39, 0.29) is 18.5 Å². The number of carbonyl (C=O) groups excluding carboxylic acids is 2. The van der Waals surface area contributed by atoms with E-state index >= 15 is 0 Å². The fraction of sp³-hybridized carbons (Fsp3) is 0.875. The third kappa shape index (κ3) is 4.43. The average molecular weight is 295 g/mol. The van der Waals surface area contributed by atoms with Crippen molar-refractivity contribution >= 4 is 11.9 Å². The van der Waals surface area contributed by atoms with Gasteiger partial charge in [0.25, 0.3) is 0 Å². The highest BCUT2D eigenvalue weighted by Crippen LogP contribution is 2.34. The summed E-state index contributed by atoms with van der Waals surface area (Å²) in [5.41, 5.74) is 0.399. The molecule has 2 heterocycles. The first-order chi connectivity index (χ1) is 9.88. The maximum Gasteiger partial charge on any atom is 0.324 e. The Kier molecular flexibility index (Phi) is 5.25. The highest BCUT2D eigenvalue weighted by Gasteiger charge is 2.29. The van der Waals surface area contributed by atoms with Crippen LogP contribution in [0, 0.1) is 11.3 Å². The van der Waals surface area contributed by atoms with Crippen molar-refractivity contribution < 1.29 is 9.59 Å². The first-order valence-electron chi connectivity index (χ1n) is 8.18. The molecule has 0 aromatic heterocycles. The number of likely N-dealkylation sites (tertiary alicyclic amines) is 1. The molecule has 1 N–H and O–H groups in total. The van der Waals surface area contributed by atoms with Crippen molar-refractivity contribution in [2.24, 2.45) is 11.3 Å². The van der Waals surface area contributed by atoms with Gasteiger partial charge in [-0.2, -0.15) is 0 Å². The number of hydrogen-bond donors (Lipinski definition) is 1. The van der Waals surface area contributed by atoms with Crippen LogP contribution in [-0.2, 0) is 4.79 Å². The topological polar surface area (TPSA) is 52.6 Å². The minimum atomic E-state index is -0.233. The first-order valence-corrected chi connectivity index (χ1v) is 8.18. The molecule has 2 rings (SSSR count). The van der Waals surface area contributed by atoms with Gasteiger partial charge in [0.15, 0.2) is 0 Å². The molecule has 2 aliphatic heterocycles. The lowest BCUT2D eigenvalue weighted by Crippen LogP contribution is -2.35. The number of hydrogen-bond acceptors (Lipinski definition) is 3. The third-order valence-corrected chi connectivity index (χ3v) is 4.84. The molecule has 0 spiro atoms. The fourth-order valence-corrected chi connectivity index (χ4v) is 3.38. The Hall–Kier alpha value is -1.10. The van der Waals surface area contributed by atoms with E-state index in [0.717, 1.165) is 32.0 Å². The molecule has 0 radical (unpaired) electrons. The van der Waals surface area contributed by atoms with Crippen LogP contribution >= 0.6 is 0 Å². The van der Waals surface area contributed by atoms with Crippen molar-refractivity contribution in [2.45, 2.75) is 46.5 Å². The summed E-state index contributed by atoms with van der Waals surface area (Å²) in [6.45, 7) is 11.0. The van der Waals surface area contributed by atoms with Crippen molar-refractivity contribution in [1.29, 1.82) is 0 Å². The van der Waals surface area contributed by atoms with Gasteiger partial charge in [0, 0.05) is 6.54 Å². The van der Waals surface area contributed by atoms with Crippen molar-refractivity contribution in [3.8, 4) is 0 Å². The highest BCUT2D eigenvalue weighted by atomic mass is 16.2. The molecule has 0 aromatic carbocycles. The predicted molar refractivity (Wildman–Crippen MR) is 83.0 cm³/mol. The van der Waals surface area contributed by atoms with E-state index < -0.39 is 0 Å². The normalized spacial score (nSPS) is 25.1. The lowest BCUT2D eigenvalue weighted by Gasteiger charge is -2.29. The highest BCUT2D eigenvalue weighted by molar-refractivity contribution is 6.01. The third-order valence-electron chi connectivity index (χ3n) is 4.84. The summed E-state index contributed by atoms with van der Waals surface area (Å²) in [6, 6.07) is -0.233. The quantitative estimate of drug-likeness (QED) is 0.808. The molecule has 2 saturated heterocycles. The number of nitrogens with one attached hydrogen (secondary N) is 1. The van der Waals surface area contributed by atoms with Gasteiger partial charge in [-0.1, -0.05) is 20.8 Å². The second-order valence-corrected chi connectivity index (χ2v) is 7.39. The van der Waals surface area contributed by atoms with Crippen LogP contribution in [0.2, 0.25) is 0 Å². The van der Waals surface area contributed by atoms with Gasteiger partial charge in [0.05, 0.1) is 6.54 Å². The van der Waals surface area contributed by atoms with E-state index in [1.807, 2.05) is 0 Å². The molecule has 21 heavy (non-hydrogen) atoms. The van der Waals surface area contributed by atoms with E-state index in [0.29, 0.717) is 12.0 Å². The first kappa shape index (κ1) is 16.3. The predicted octanol–water partition coefficient (Wildman–Crippen LogP) is 2.08. The Morgan fingerprint density at radius 2 is 1.90 bits per heavy atom. The van der Waals surface area contributed by atoms with Gasteiger partial charge in [-0.05, 0) is 56.7 Å². The van der Waals surface area contributed by atoms with Gasteiger partial charge in [-0.3, -0.25) is 9.69 Å². The zero-order chi connectivity index (χ0) is 15.5. The molecule has 2 aliphatic rings. The van der Waals surface area contributed by atoms with Gasteiger partial charge >= 0.3 is 6.03 Å². The maximum absolute atomic E-state index is 11.5. The monoisotopic (exact) mass is 295 g/mol. The number of nitrogens with zero attached hydrogens (tertiary/aromatic N) is 2. The molecule has 120 valence electrons. The molecule has 0 bridgehead atoms. The Bertz CT molecular complexity index is 373. The van der Waals surface area contributed by atoms with E-state index in [4.69, 9.17) is 0 Å². The van der Waals surface area contributed by atoms with Crippen LogP contribution in [0.25, 0.3) is 0 Å². The molecule has 2 fully saturated rings. The summed E-state index contributed by atoms with van der Waals surface area (Å²) >= 11 is 0. The van der Waals surface area contributed by atoms with Crippen molar-refractivity contribution in [3.05, 3.63) is 0 Å². The summed E-state index contributed by atoms with van der Waals surface area (Å²) in [5.74, 6) is 0.706. The van der Waals surface area contributed by atoms with Gasteiger partial charge in [-0.25, -0.2) is 4.79 Å². The second kappa shape index (κ2) is 6.77. The van der Waals surface area contributed by atoms with Crippen LogP contribution in [-0.4, -0.2) is 54.5 Å². The molecule has 0 aromatic rings. The zero-order valence-electron chi connectivity index (χ0n) is 13.7. The van der Waals surface area contributed by atoms with Gasteiger partial charge in [-0.15, -0.1) is 0 Å². The smallest absolute Gasteiger partial charge is 0.324 e. The van der Waals surface area contributed by atoms with E-state index in [9.17, 15) is 9.59 Å². The number of imide groups is 1. The van der Waals surface area contributed by atoms with Gasteiger partial charge < -0.3 is 10.2 Å². The molecule has 5 heteroatoms. The van der Waals surface area contributed by atoms with Crippen LogP contribution < -0.4 is 5.32 Å². The molecule has 3 amide bonds. The van der Waals surface area contributed by atoms with E-state index in [1.54, 1.807) is 0 Å². The number of rotatable bonds is 4. The summed E-state index contributed by atoms with van der Waals surface area (Å²) < 4.78 is 0. The summed E-state index contributed by atoms with van der Waals surface area (Å²) in [4.78, 5) is 26.8. The maximum atomic E-state index is 11.5. The SMILES string of the molecule is CC(C)(C)[C@@H]1CCCN(CCCN2C(=O)CNC2=O)CC1. The number of urea groups is 1. The average Bonchev–Trinajstić information content (AvgIpc) is 2.64. The molecule has 1 atom stereocenters. The second-order valence-electron chi connectivity index (χ2n) is 7.39. The number of carbonyl (C=O) groups is 2. The molecular formula is C16H29N3O2. The van der Waals surface area contributed by atoms with E-state index in [2.05, 4.69) is 31.0 Å². The van der Waals surface area contributed by atoms with Gasteiger partial charge in [0.1, 0.15) is 0 Å². The van der Waals surface area contributed by atoms with Crippen LogP contribution in [0.5, 0.6) is 0 Å². The Labute approximate surface area is 128 Å². The minimum absolute atomic E-state index is 0.0938. The zero-order valence-corrected chi connectivity index (χ0v) is 13.7. The minimum Gasteiger partial charge on any atom is -0.329 e. The summed E-state index contributed by atoms with van der Waals surface area (Å²) in [5, 5.41) is 2.56. The van der Waals surface area contributed by atoms with Crippen molar-refractivity contribution in [2.75, 3.05) is 32.7 Å². The van der Waals surface area contributed by atoms with Crippen LogP contribution in [0.15, 0.2) is 0 Å². The molecule has 0 saturated carbocycles. The molecular weight excluding hydrogens is 266 g/mol. The van der Waals surface area contributed by atoms with Crippen molar-refractivity contribution in [3.63, 3.8) is 0 Å². The lowest BCUT2D eigenvalue weighted by molar-refractivity contribution is -0.125. The molecule has 5 nitrogen and oxygen atoms in total. The van der Waals surface area contributed by atoms with Crippen LogP contribution in [0.3, 0.4) is 0 Å². The Morgan fingerprint density at radius 1 is 1.14 bits per heavy atom. The lowest BCUT2D eigenvalue weighted by atomic mass is 9.77. The fourth-order valence-electron chi connectivity index (χ4n) is 3.38. The van der Waals surface area contributed by atoms with Crippen LogP contribution in [0.4, 0.5) is 4.79 Å².